The molecule has 0 unspecified atom stereocenters. The summed E-state index contributed by atoms with van der Waals surface area (Å²) in [7, 11) is 1.56. The van der Waals surface area contributed by atoms with Gasteiger partial charge in [0.1, 0.15) is 5.75 Å². The summed E-state index contributed by atoms with van der Waals surface area (Å²) < 4.78 is 5.32. The van der Waals surface area contributed by atoms with Crippen LogP contribution in [0, 0.1) is 0 Å². The minimum atomic E-state index is -0.286. The molecule has 146 valence electrons. The molecule has 1 fully saturated rings. The van der Waals surface area contributed by atoms with Crippen LogP contribution in [-0.2, 0) is 4.79 Å². The first-order valence-electron chi connectivity index (χ1n) is 9.27. The summed E-state index contributed by atoms with van der Waals surface area (Å²) in [6.45, 7) is 1.78. The molecule has 4 rings (SSSR count). The average molecular weight is 381 g/mol. The molecule has 2 aromatic rings. The van der Waals surface area contributed by atoms with Gasteiger partial charge in [0.05, 0.1) is 31.5 Å². The summed E-state index contributed by atoms with van der Waals surface area (Å²) in [4.78, 5) is 28.5. The molecule has 28 heavy (non-hydrogen) atoms. The first-order chi connectivity index (χ1) is 13.6. The van der Waals surface area contributed by atoms with Crippen LogP contribution in [0.3, 0.4) is 0 Å². The van der Waals surface area contributed by atoms with Gasteiger partial charge in [0, 0.05) is 25.1 Å². The van der Waals surface area contributed by atoms with Crippen molar-refractivity contribution in [1.82, 2.24) is 4.90 Å². The van der Waals surface area contributed by atoms with Crippen molar-refractivity contribution in [1.29, 1.82) is 0 Å². The fourth-order valence-corrected chi connectivity index (χ4v) is 4.46. The van der Waals surface area contributed by atoms with Crippen molar-refractivity contribution in [3.8, 4) is 5.75 Å². The van der Waals surface area contributed by atoms with Gasteiger partial charge in [0.15, 0.2) is 0 Å². The van der Waals surface area contributed by atoms with Crippen molar-refractivity contribution in [3.63, 3.8) is 0 Å². The van der Waals surface area contributed by atoms with Gasteiger partial charge >= 0.3 is 6.03 Å². The number of hydrogen-bond donors (Lipinski definition) is 2. The number of para-hydroxylation sites is 3. The van der Waals surface area contributed by atoms with E-state index in [1.807, 2.05) is 36.4 Å². The van der Waals surface area contributed by atoms with Crippen LogP contribution in [0.1, 0.15) is 18.4 Å². The van der Waals surface area contributed by atoms with E-state index >= 15 is 0 Å². The predicted molar refractivity (Wildman–Crippen MR) is 106 cm³/mol. The van der Waals surface area contributed by atoms with Crippen LogP contribution in [0.4, 0.5) is 16.2 Å². The number of aliphatic hydroxyl groups is 1. The van der Waals surface area contributed by atoms with Gasteiger partial charge in [-0.1, -0.05) is 30.3 Å². The zero-order valence-corrected chi connectivity index (χ0v) is 15.8. The summed E-state index contributed by atoms with van der Waals surface area (Å²) in [6, 6.07) is 14.2. The van der Waals surface area contributed by atoms with Gasteiger partial charge in [0.25, 0.3) is 0 Å². The lowest BCUT2D eigenvalue weighted by molar-refractivity contribution is -0.147. The molecule has 1 saturated heterocycles. The number of carbonyl (C=O) groups is 2. The van der Waals surface area contributed by atoms with E-state index in [4.69, 9.17) is 4.74 Å². The van der Waals surface area contributed by atoms with Crippen molar-refractivity contribution in [2.45, 2.75) is 24.9 Å². The van der Waals surface area contributed by atoms with Crippen LogP contribution < -0.4 is 15.0 Å². The summed E-state index contributed by atoms with van der Waals surface area (Å²) in [5.41, 5.74) is 2.36. The third-order valence-corrected chi connectivity index (χ3v) is 5.64. The standard InChI is InChI=1S/C21H23N3O4/c1-13(26)24-17-11-23(21(27)22-15-8-4-6-10-19(15)28-2)16-9-5-3-7-14(16)20(17)18(24)12-25/h3-10,17-18,20,25H,11-12H2,1-2H3,(H,22,27)/t17-,18-,20+/m0/s1. The minimum absolute atomic E-state index is 0.0282. The summed E-state index contributed by atoms with van der Waals surface area (Å²) >= 11 is 0. The fourth-order valence-electron chi connectivity index (χ4n) is 4.46. The van der Waals surface area contributed by atoms with Crippen molar-refractivity contribution in [2.75, 3.05) is 30.5 Å². The SMILES string of the molecule is COc1ccccc1NC(=O)N1C[C@H]2[C@@H](c3ccccc31)[C@H](CO)N2C(C)=O. The van der Waals surface area contributed by atoms with Gasteiger partial charge in [-0.25, -0.2) is 4.79 Å². The summed E-state index contributed by atoms with van der Waals surface area (Å²) in [5, 5.41) is 12.7. The first-order valence-corrected chi connectivity index (χ1v) is 9.27. The quantitative estimate of drug-likeness (QED) is 0.856. The molecular weight excluding hydrogens is 358 g/mol. The van der Waals surface area contributed by atoms with E-state index in [0.717, 1.165) is 11.3 Å². The normalized spacial score (nSPS) is 22.6. The zero-order valence-electron chi connectivity index (χ0n) is 15.8. The van der Waals surface area contributed by atoms with Crippen LogP contribution in [0.2, 0.25) is 0 Å². The van der Waals surface area contributed by atoms with Gasteiger partial charge in [-0.15, -0.1) is 0 Å². The second-order valence-corrected chi connectivity index (χ2v) is 7.07. The molecule has 0 aromatic heterocycles. The number of hydrogen-bond acceptors (Lipinski definition) is 4. The van der Waals surface area contributed by atoms with E-state index in [1.54, 1.807) is 29.0 Å². The largest absolute Gasteiger partial charge is 0.495 e. The maximum Gasteiger partial charge on any atom is 0.326 e. The van der Waals surface area contributed by atoms with Crippen molar-refractivity contribution in [2.24, 2.45) is 0 Å². The highest BCUT2D eigenvalue weighted by Crippen LogP contribution is 2.48. The molecule has 0 saturated carbocycles. The molecule has 3 amide bonds. The van der Waals surface area contributed by atoms with Crippen LogP contribution >= 0.6 is 0 Å². The molecule has 0 bridgehead atoms. The number of rotatable bonds is 3. The number of fused-ring (bicyclic) bond motifs is 3. The molecule has 2 N–H and O–H groups in total. The molecule has 2 aromatic carbocycles. The van der Waals surface area contributed by atoms with Gasteiger partial charge in [-0.2, -0.15) is 0 Å². The van der Waals surface area contributed by atoms with E-state index in [0.29, 0.717) is 18.0 Å². The van der Waals surface area contributed by atoms with Crippen LogP contribution in [0.15, 0.2) is 48.5 Å². The van der Waals surface area contributed by atoms with Gasteiger partial charge in [0.2, 0.25) is 5.91 Å². The Labute approximate surface area is 163 Å². The van der Waals surface area contributed by atoms with Crippen molar-refractivity contribution < 1.29 is 19.4 Å². The van der Waals surface area contributed by atoms with E-state index in [1.165, 1.54) is 6.92 Å². The number of urea groups is 1. The Morgan fingerprint density at radius 3 is 2.61 bits per heavy atom. The molecule has 3 atom stereocenters. The molecule has 2 heterocycles. The molecular formula is C21H23N3O4. The topological polar surface area (TPSA) is 82.1 Å². The zero-order chi connectivity index (χ0) is 19.8. The Bertz CT molecular complexity index is 916. The molecule has 0 radical (unpaired) electrons. The van der Waals surface area contributed by atoms with E-state index in [9.17, 15) is 14.7 Å². The highest BCUT2D eigenvalue weighted by molar-refractivity contribution is 6.03. The summed E-state index contributed by atoms with van der Waals surface area (Å²) in [5.74, 6) is 0.513. The number of carbonyl (C=O) groups excluding carboxylic acids is 2. The van der Waals surface area contributed by atoms with Gasteiger partial charge in [-0.3, -0.25) is 9.69 Å². The lowest BCUT2D eigenvalue weighted by Gasteiger charge is -2.58. The number of anilines is 2. The Kier molecular flexibility index (Phi) is 4.68. The number of amides is 3. The minimum Gasteiger partial charge on any atom is -0.495 e. The lowest BCUT2D eigenvalue weighted by atomic mass is 9.72. The highest BCUT2D eigenvalue weighted by Gasteiger charge is 2.54. The average Bonchev–Trinajstić information content (AvgIpc) is 2.68. The van der Waals surface area contributed by atoms with Crippen LogP contribution in [0.5, 0.6) is 5.75 Å². The highest BCUT2D eigenvalue weighted by atomic mass is 16.5. The number of nitrogens with one attached hydrogen (secondary N) is 1. The number of likely N-dealkylation sites (tertiary alicyclic amines) is 1. The van der Waals surface area contributed by atoms with E-state index < -0.39 is 0 Å². The predicted octanol–water partition coefficient (Wildman–Crippen LogP) is 2.42. The first kappa shape index (κ1) is 18.3. The monoisotopic (exact) mass is 381 g/mol. The van der Waals surface area contributed by atoms with E-state index in [-0.39, 0.29) is 36.5 Å². The second-order valence-electron chi connectivity index (χ2n) is 7.07. The number of benzene rings is 2. The Balaban J connectivity index is 1.67. The lowest BCUT2D eigenvalue weighted by Crippen LogP contribution is -2.70. The number of methoxy groups -OCH3 is 1. The Hall–Kier alpha value is -3.06. The van der Waals surface area contributed by atoms with Gasteiger partial charge < -0.3 is 20.1 Å². The number of aliphatic hydroxyl groups excluding tert-OH is 1. The molecule has 2 aliphatic rings. The second kappa shape index (κ2) is 7.16. The summed E-state index contributed by atoms with van der Waals surface area (Å²) in [6.07, 6.45) is 0. The van der Waals surface area contributed by atoms with Gasteiger partial charge in [-0.05, 0) is 23.8 Å². The van der Waals surface area contributed by atoms with E-state index in [2.05, 4.69) is 5.32 Å². The number of nitrogens with zero attached hydrogens (tertiary/aromatic N) is 2. The molecule has 0 aliphatic carbocycles. The van der Waals surface area contributed by atoms with Crippen LogP contribution in [0.25, 0.3) is 0 Å². The third kappa shape index (κ3) is 2.79. The molecule has 2 aliphatic heterocycles. The number of ether oxygens (including phenoxy) is 1. The Morgan fingerprint density at radius 2 is 1.89 bits per heavy atom. The fraction of sp³-hybridized carbons (Fsp3) is 0.333. The smallest absolute Gasteiger partial charge is 0.326 e. The molecule has 7 heteroatoms. The van der Waals surface area contributed by atoms with Crippen LogP contribution in [-0.4, -0.2) is 54.3 Å². The maximum atomic E-state index is 13.1. The van der Waals surface area contributed by atoms with Crippen molar-refractivity contribution in [3.05, 3.63) is 54.1 Å². The molecule has 0 spiro atoms. The van der Waals surface area contributed by atoms with Crippen molar-refractivity contribution >= 4 is 23.3 Å². The molecule has 7 nitrogen and oxygen atoms in total. The Morgan fingerprint density at radius 1 is 1.18 bits per heavy atom. The third-order valence-electron chi connectivity index (χ3n) is 5.64. The maximum absolute atomic E-state index is 13.1.